The van der Waals surface area contributed by atoms with Crippen LogP contribution in [0.2, 0.25) is 0 Å². The molecule has 0 aromatic heterocycles. The summed E-state index contributed by atoms with van der Waals surface area (Å²) >= 11 is 0. The monoisotopic (exact) mass is 139 g/mol. The van der Waals surface area contributed by atoms with Crippen molar-refractivity contribution in [2.45, 2.75) is 0 Å². The number of nitrogens with zero attached hydrogens (tertiary/aromatic N) is 1. The third-order valence-electron chi connectivity index (χ3n) is 0.923. The first kappa shape index (κ1) is 6.54. The summed E-state index contributed by atoms with van der Waals surface area (Å²) in [7, 11) is 0. The van der Waals surface area contributed by atoms with Crippen molar-refractivity contribution in [3.05, 3.63) is 40.4 Å². The van der Waals surface area contributed by atoms with E-state index < -0.39 is 5.09 Å². The van der Waals surface area contributed by atoms with E-state index in [9.17, 15) is 10.1 Å². The van der Waals surface area contributed by atoms with E-state index in [-0.39, 0.29) is 5.75 Å². The summed E-state index contributed by atoms with van der Waals surface area (Å²) in [6, 6.07) is 8.12. The molecule has 0 aliphatic carbocycles. The standard InChI is InChI=1S/C6H5NO3/c8-7(9)10-6-4-2-1-3-5-6/h1-5H. The number of rotatable bonds is 2. The number of benzene rings is 1. The van der Waals surface area contributed by atoms with Gasteiger partial charge in [0.1, 0.15) is 5.75 Å². The lowest BCUT2D eigenvalue weighted by Gasteiger charge is -1.93. The van der Waals surface area contributed by atoms with Crippen molar-refractivity contribution in [3.8, 4) is 5.75 Å². The van der Waals surface area contributed by atoms with Gasteiger partial charge >= 0.3 is 0 Å². The van der Waals surface area contributed by atoms with E-state index >= 15 is 0 Å². The molecule has 1 aromatic carbocycles. The first-order chi connectivity index (χ1) is 4.79. The highest BCUT2D eigenvalue weighted by Crippen LogP contribution is 2.07. The largest absolute Gasteiger partial charge is 0.299 e. The van der Waals surface area contributed by atoms with Crippen LogP contribution in [0.5, 0.6) is 5.75 Å². The fourth-order valence-electron chi connectivity index (χ4n) is 0.567. The van der Waals surface area contributed by atoms with Crippen molar-refractivity contribution in [1.29, 1.82) is 0 Å². The Hall–Kier alpha value is -1.58. The molecule has 0 spiro atoms. The van der Waals surface area contributed by atoms with Gasteiger partial charge in [-0.05, 0) is 12.1 Å². The highest BCUT2D eigenvalue weighted by molar-refractivity contribution is 5.19. The minimum absolute atomic E-state index is 0.243. The fourth-order valence-corrected chi connectivity index (χ4v) is 0.567. The molecule has 0 amide bonds. The molecule has 0 heterocycles. The van der Waals surface area contributed by atoms with Crippen molar-refractivity contribution < 1.29 is 9.92 Å². The maximum Gasteiger partial charge on any atom is 0.299 e. The van der Waals surface area contributed by atoms with Gasteiger partial charge in [0.2, 0.25) is 0 Å². The van der Waals surface area contributed by atoms with Gasteiger partial charge in [0, 0.05) is 0 Å². The van der Waals surface area contributed by atoms with Gasteiger partial charge in [-0.25, -0.2) is 0 Å². The second-order valence-electron chi connectivity index (χ2n) is 1.63. The van der Waals surface area contributed by atoms with Crippen LogP contribution >= 0.6 is 0 Å². The van der Waals surface area contributed by atoms with Crippen molar-refractivity contribution in [2.24, 2.45) is 0 Å². The zero-order chi connectivity index (χ0) is 7.40. The van der Waals surface area contributed by atoms with E-state index in [1.54, 1.807) is 18.2 Å². The van der Waals surface area contributed by atoms with Gasteiger partial charge in [-0.3, -0.25) is 4.84 Å². The molecular weight excluding hydrogens is 134 g/mol. The minimum Gasteiger partial charge on any atom is -0.276 e. The van der Waals surface area contributed by atoms with Crippen LogP contribution in [0.1, 0.15) is 0 Å². The molecular formula is C6H5NO3. The summed E-state index contributed by atoms with van der Waals surface area (Å²) in [5.74, 6) is 0.243. The van der Waals surface area contributed by atoms with Crippen molar-refractivity contribution in [1.82, 2.24) is 0 Å². The fraction of sp³-hybridized carbons (Fsp3) is 0. The zero-order valence-electron chi connectivity index (χ0n) is 5.06. The Morgan fingerprint density at radius 1 is 1.30 bits per heavy atom. The molecule has 1 rings (SSSR count). The predicted octanol–water partition coefficient (Wildman–Crippen LogP) is 1.26. The number of para-hydroxylation sites is 1. The van der Waals surface area contributed by atoms with Crippen LogP contribution in [0.25, 0.3) is 0 Å². The van der Waals surface area contributed by atoms with Crippen molar-refractivity contribution in [3.63, 3.8) is 0 Å². The second kappa shape index (κ2) is 2.82. The van der Waals surface area contributed by atoms with Gasteiger partial charge in [0.25, 0.3) is 5.09 Å². The molecule has 0 aliphatic rings. The molecule has 0 N–H and O–H groups in total. The van der Waals surface area contributed by atoms with E-state index in [0.717, 1.165) is 0 Å². The Morgan fingerprint density at radius 3 is 2.40 bits per heavy atom. The van der Waals surface area contributed by atoms with Crippen LogP contribution in [-0.4, -0.2) is 5.09 Å². The summed E-state index contributed by atoms with van der Waals surface area (Å²) in [6.07, 6.45) is 0. The van der Waals surface area contributed by atoms with Crippen LogP contribution in [0, 0.1) is 10.1 Å². The van der Waals surface area contributed by atoms with E-state index in [4.69, 9.17) is 0 Å². The maximum absolute atomic E-state index is 9.75. The third kappa shape index (κ3) is 1.74. The summed E-state index contributed by atoms with van der Waals surface area (Å²) < 4.78 is 0. The average Bonchev–Trinajstić information content (AvgIpc) is 1.88. The third-order valence-corrected chi connectivity index (χ3v) is 0.923. The quantitative estimate of drug-likeness (QED) is 0.457. The van der Waals surface area contributed by atoms with Gasteiger partial charge in [-0.1, -0.05) is 18.2 Å². The Bertz CT molecular complexity index is 222. The molecule has 0 aliphatic heterocycles. The SMILES string of the molecule is O=[N+]([O-])Oc1ccccc1. The number of hydrogen-bond acceptors (Lipinski definition) is 3. The Labute approximate surface area is 57.2 Å². The van der Waals surface area contributed by atoms with E-state index in [0.29, 0.717) is 0 Å². The summed E-state index contributed by atoms with van der Waals surface area (Å²) in [4.78, 5) is 13.9. The molecule has 52 valence electrons. The molecule has 4 heteroatoms. The highest BCUT2D eigenvalue weighted by Gasteiger charge is 1.94. The second-order valence-corrected chi connectivity index (χ2v) is 1.63. The first-order valence-electron chi connectivity index (χ1n) is 2.66. The maximum atomic E-state index is 9.75. The lowest BCUT2D eigenvalue weighted by atomic mass is 10.3. The topological polar surface area (TPSA) is 52.4 Å². The summed E-state index contributed by atoms with van der Waals surface area (Å²) in [5.41, 5.74) is 0. The van der Waals surface area contributed by atoms with E-state index in [1.165, 1.54) is 12.1 Å². The van der Waals surface area contributed by atoms with E-state index in [1.807, 2.05) is 0 Å². The highest BCUT2D eigenvalue weighted by atomic mass is 17.0. The van der Waals surface area contributed by atoms with Gasteiger partial charge in [-0.2, -0.15) is 0 Å². The van der Waals surface area contributed by atoms with Crippen LogP contribution in [0.3, 0.4) is 0 Å². The van der Waals surface area contributed by atoms with Crippen molar-refractivity contribution >= 4 is 0 Å². The molecule has 10 heavy (non-hydrogen) atoms. The van der Waals surface area contributed by atoms with Gasteiger partial charge in [-0.15, -0.1) is 10.1 Å². The molecule has 0 unspecified atom stereocenters. The summed E-state index contributed by atoms with van der Waals surface area (Å²) in [5, 5.41) is 8.91. The Morgan fingerprint density at radius 2 is 1.90 bits per heavy atom. The Kier molecular flexibility index (Phi) is 1.84. The molecule has 0 saturated carbocycles. The molecule has 0 radical (unpaired) electrons. The van der Waals surface area contributed by atoms with Crippen molar-refractivity contribution in [2.75, 3.05) is 0 Å². The number of hydrogen-bond donors (Lipinski definition) is 0. The zero-order valence-corrected chi connectivity index (χ0v) is 5.06. The molecule has 0 bridgehead atoms. The lowest BCUT2D eigenvalue weighted by Crippen LogP contribution is -2.02. The van der Waals surface area contributed by atoms with Crippen LogP contribution in [0.15, 0.2) is 30.3 Å². The molecule has 0 fully saturated rings. The molecule has 4 nitrogen and oxygen atoms in total. The lowest BCUT2D eigenvalue weighted by molar-refractivity contribution is -0.711. The van der Waals surface area contributed by atoms with E-state index in [2.05, 4.69) is 4.84 Å². The van der Waals surface area contributed by atoms with Crippen LogP contribution < -0.4 is 4.84 Å². The van der Waals surface area contributed by atoms with Crippen LogP contribution in [0.4, 0.5) is 0 Å². The summed E-state index contributed by atoms with van der Waals surface area (Å²) in [6.45, 7) is 0. The smallest absolute Gasteiger partial charge is 0.276 e. The van der Waals surface area contributed by atoms with Gasteiger partial charge < -0.3 is 0 Å². The van der Waals surface area contributed by atoms with Gasteiger partial charge in [0.15, 0.2) is 0 Å². The molecule has 0 saturated heterocycles. The molecule has 0 atom stereocenters. The predicted molar refractivity (Wildman–Crippen MR) is 34.1 cm³/mol. The normalized spacial score (nSPS) is 8.80. The average molecular weight is 139 g/mol. The Balaban J connectivity index is 2.67. The molecule has 1 aromatic rings. The first-order valence-corrected chi connectivity index (χ1v) is 2.66. The van der Waals surface area contributed by atoms with Gasteiger partial charge in [0.05, 0.1) is 0 Å². The van der Waals surface area contributed by atoms with Crippen LogP contribution in [-0.2, 0) is 0 Å². The minimum atomic E-state index is -0.838.